The third-order valence-electron chi connectivity index (χ3n) is 3.12. The van der Waals surface area contributed by atoms with E-state index in [2.05, 4.69) is 4.98 Å². The highest BCUT2D eigenvalue weighted by Crippen LogP contribution is 2.35. The Morgan fingerprint density at radius 1 is 1.67 bits per heavy atom. The van der Waals surface area contributed by atoms with E-state index in [9.17, 15) is 15.0 Å². The molecule has 0 radical (unpaired) electrons. The van der Waals surface area contributed by atoms with E-state index < -0.39 is 36.3 Å². The van der Waals surface area contributed by atoms with Gasteiger partial charge in [0.25, 0.3) is 0 Å². The Bertz CT molecular complexity index is 501. The molecule has 1 unspecified atom stereocenters. The summed E-state index contributed by atoms with van der Waals surface area (Å²) in [5, 5.41) is 29.0. The van der Waals surface area contributed by atoms with Crippen LogP contribution in [0, 0.1) is 0 Å². The number of nitrogen functional groups attached to an aromatic ring is 1. The first kappa shape index (κ1) is 13.0. The van der Waals surface area contributed by atoms with E-state index >= 15 is 0 Å². The highest BCUT2D eigenvalue weighted by Gasteiger charge is 2.52. The summed E-state index contributed by atoms with van der Waals surface area (Å²) in [5.74, 6) is 0.0502. The van der Waals surface area contributed by atoms with Crippen LogP contribution < -0.4 is 11.4 Å². The zero-order chi connectivity index (χ0) is 13.5. The predicted octanol–water partition coefficient (Wildman–Crippen LogP) is -2.17. The summed E-state index contributed by atoms with van der Waals surface area (Å²) >= 11 is 0. The predicted molar refractivity (Wildman–Crippen MR) is 60.5 cm³/mol. The van der Waals surface area contributed by atoms with Gasteiger partial charge in [-0.05, 0) is 13.0 Å². The third kappa shape index (κ3) is 1.89. The summed E-state index contributed by atoms with van der Waals surface area (Å²) < 4.78 is 6.30. The fourth-order valence-electron chi connectivity index (χ4n) is 1.92. The monoisotopic (exact) mass is 257 g/mol. The lowest BCUT2D eigenvalue weighted by Crippen LogP contribution is -2.46. The molecule has 0 bridgehead atoms. The molecule has 4 atom stereocenters. The Morgan fingerprint density at radius 2 is 2.33 bits per heavy atom. The Kier molecular flexibility index (Phi) is 3.11. The first-order valence-electron chi connectivity index (χ1n) is 5.39. The van der Waals surface area contributed by atoms with Gasteiger partial charge >= 0.3 is 5.69 Å². The molecule has 2 rings (SSSR count). The lowest BCUT2D eigenvalue weighted by atomic mass is 9.95. The summed E-state index contributed by atoms with van der Waals surface area (Å²) in [6.07, 6.45) is -2.15. The van der Waals surface area contributed by atoms with Crippen molar-refractivity contribution in [1.29, 1.82) is 0 Å². The van der Waals surface area contributed by atoms with Crippen LogP contribution in [0.4, 0.5) is 5.82 Å². The van der Waals surface area contributed by atoms with Gasteiger partial charge in [0.1, 0.15) is 23.6 Å². The minimum Gasteiger partial charge on any atom is -0.394 e. The van der Waals surface area contributed by atoms with Crippen LogP contribution in [0.1, 0.15) is 13.2 Å². The quantitative estimate of drug-likeness (QED) is 0.474. The summed E-state index contributed by atoms with van der Waals surface area (Å²) in [5.41, 5.74) is 3.00. The minimum absolute atomic E-state index is 0.0502. The van der Waals surface area contributed by atoms with Gasteiger partial charge in [0.15, 0.2) is 6.23 Å². The number of aliphatic hydroxyl groups excluding tert-OH is 2. The molecule has 1 saturated heterocycles. The van der Waals surface area contributed by atoms with Crippen molar-refractivity contribution in [3.8, 4) is 0 Å². The molecule has 5 N–H and O–H groups in total. The fourth-order valence-corrected chi connectivity index (χ4v) is 1.92. The smallest absolute Gasteiger partial charge is 0.351 e. The van der Waals surface area contributed by atoms with Crippen molar-refractivity contribution in [3.63, 3.8) is 0 Å². The van der Waals surface area contributed by atoms with Crippen LogP contribution in [0.25, 0.3) is 0 Å². The molecular weight excluding hydrogens is 242 g/mol. The van der Waals surface area contributed by atoms with Crippen molar-refractivity contribution in [1.82, 2.24) is 9.55 Å². The second kappa shape index (κ2) is 4.32. The molecular formula is C10H15N3O5. The molecule has 2 heterocycles. The van der Waals surface area contributed by atoms with Gasteiger partial charge in [-0.25, -0.2) is 4.79 Å². The van der Waals surface area contributed by atoms with Crippen molar-refractivity contribution in [2.24, 2.45) is 0 Å². The SMILES string of the molecule is CC1(O)[C@H](O)[C@H](n2ccc(N)nc2=O)O[C@@H]1CO. The maximum atomic E-state index is 11.6. The average molecular weight is 257 g/mol. The van der Waals surface area contributed by atoms with E-state index in [0.29, 0.717) is 0 Å². The molecule has 8 nitrogen and oxygen atoms in total. The molecule has 100 valence electrons. The van der Waals surface area contributed by atoms with E-state index in [-0.39, 0.29) is 5.82 Å². The third-order valence-corrected chi connectivity index (χ3v) is 3.12. The molecule has 0 aliphatic carbocycles. The second-order valence-corrected chi connectivity index (χ2v) is 4.41. The zero-order valence-corrected chi connectivity index (χ0v) is 9.72. The van der Waals surface area contributed by atoms with Gasteiger partial charge < -0.3 is 25.8 Å². The number of hydrogen-bond donors (Lipinski definition) is 4. The van der Waals surface area contributed by atoms with Crippen molar-refractivity contribution in [3.05, 3.63) is 22.7 Å². The molecule has 0 amide bonds. The van der Waals surface area contributed by atoms with Crippen LogP contribution in [0.15, 0.2) is 17.1 Å². The summed E-state index contributed by atoms with van der Waals surface area (Å²) in [6, 6.07) is 1.37. The highest BCUT2D eigenvalue weighted by molar-refractivity contribution is 5.23. The standard InChI is InChI=1S/C10H15N3O5/c1-10(17)5(4-14)18-8(7(10)15)13-3-2-6(11)12-9(13)16/h2-3,5,7-8,14-15,17H,4H2,1H3,(H2,11,12,16)/t5-,7-,8-,10?/m1/s1. The van der Waals surface area contributed by atoms with Crippen molar-refractivity contribution >= 4 is 5.82 Å². The molecule has 1 aromatic heterocycles. The molecule has 0 aromatic carbocycles. The van der Waals surface area contributed by atoms with Gasteiger partial charge in [-0.1, -0.05) is 0 Å². The molecule has 1 fully saturated rings. The topological polar surface area (TPSA) is 131 Å². The number of hydrogen-bond acceptors (Lipinski definition) is 7. The average Bonchev–Trinajstić information content (AvgIpc) is 2.52. The summed E-state index contributed by atoms with van der Waals surface area (Å²) in [6.45, 7) is 0.853. The fraction of sp³-hybridized carbons (Fsp3) is 0.600. The van der Waals surface area contributed by atoms with E-state index in [1.807, 2.05) is 0 Å². The summed E-state index contributed by atoms with van der Waals surface area (Å²) in [4.78, 5) is 15.1. The summed E-state index contributed by atoms with van der Waals surface area (Å²) in [7, 11) is 0. The number of anilines is 1. The first-order chi connectivity index (χ1) is 8.37. The van der Waals surface area contributed by atoms with E-state index in [1.54, 1.807) is 0 Å². The lowest BCUT2D eigenvalue weighted by molar-refractivity contribution is -0.0807. The van der Waals surface area contributed by atoms with Gasteiger partial charge in [-0.3, -0.25) is 4.57 Å². The number of aliphatic hydroxyl groups is 3. The molecule has 8 heteroatoms. The number of ether oxygens (including phenoxy) is 1. The normalized spacial score (nSPS) is 35.9. The number of nitrogens with two attached hydrogens (primary N) is 1. The van der Waals surface area contributed by atoms with Gasteiger partial charge in [-0.2, -0.15) is 4.98 Å². The van der Waals surface area contributed by atoms with Gasteiger partial charge in [-0.15, -0.1) is 0 Å². The molecule has 1 aliphatic heterocycles. The van der Waals surface area contributed by atoms with Crippen molar-refractivity contribution < 1.29 is 20.1 Å². The minimum atomic E-state index is -1.65. The molecule has 18 heavy (non-hydrogen) atoms. The molecule has 1 aromatic rings. The lowest BCUT2D eigenvalue weighted by Gasteiger charge is -2.25. The Balaban J connectivity index is 2.38. The van der Waals surface area contributed by atoms with Gasteiger partial charge in [0.2, 0.25) is 0 Å². The molecule has 0 saturated carbocycles. The maximum Gasteiger partial charge on any atom is 0.351 e. The van der Waals surface area contributed by atoms with Gasteiger partial charge in [0, 0.05) is 6.20 Å². The van der Waals surface area contributed by atoms with Crippen LogP contribution >= 0.6 is 0 Å². The van der Waals surface area contributed by atoms with Crippen LogP contribution in [-0.4, -0.2) is 49.3 Å². The number of rotatable bonds is 2. The largest absolute Gasteiger partial charge is 0.394 e. The Labute approximate surface area is 102 Å². The van der Waals surface area contributed by atoms with E-state index in [0.717, 1.165) is 4.57 Å². The van der Waals surface area contributed by atoms with Crippen molar-refractivity contribution in [2.75, 3.05) is 12.3 Å². The Morgan fingerprint density at radius 3 is 2.83 bits per heavy atom. The highest BCUT2D eigenvalue weighted by atomic mass is 16.6. The van der Waals surface area contributed by atoms with Crippen LogP contribution in [-0.2, 0) is 4.74 Å². The Hall–Kier alpha value is -1.48. The maximum absolute atomic E-state index is 11.6. The number of aromatic nitrogens is 2. The van der Waals surface area contributed by atoms with Crippen LogP contribution in [0.5, 0.6) is 0 Å². The van der Waals surface area contributed by atoms with Crippen LogP contribution in [0.2, 0.25) is 0 Å². The first-order valence-corrected chi connectivity index (χ1v) is 5.39. The van der Waals surface area contributed by atoms with E-state index in [1.165, 1.54) is 19.2 Å². The second-order valence-electron chi connectivity index (χ2n) is 4.41. The molecule has 0 spiro atoms. The van der Waals surface area contributed by atoms with Crippen LogP contribution in [0.3, 0.4) is 0 Å². The number of nitrogens with zero attached hydrogens (tertiary/aromatic N) is 2. The van der Waals surface area contributed by atoms with Gasteiger partial charge in [0.05, 0.1) is 6.61 Å². The van der Waals surface area contributed by atoms with E-state index in [4.69, 9.17) is 15.6 Å². The molecule has 1 aliphatic rings. The van der Waals surface area contributed by atoms with Crippen molar-refractivity contribution in [2.45, 2.75) is 31.0 Å². The zero-order valence-electron chi connectivity index (χ0n) is 9.72.